The predicted molar refractivity (Wildman–Crippen MR) is 107 cm³/mol. The van der Waals surface area contributed by atoms with Crippen LogP contribution in [0.15, 0.2) is 24.5 Å². The molecule has 3 heterocycles. The van der Waals surface area contributed by atoms with E-state index in [1.807, 2.05) is 26.0 Å². The van der Waals surface area contributed by atoms with Crippen molar-refractivity contribution in [2.45, 2.75) is 39.9 Å². The molecule has 0 radical (unpaired) electrons. The molecule has 0 saturated heterocycles. The number of rotatable bonds is 5. The van der Waals surface area contributed by atoms with Crippen molar-refractivity contribution >= 4 is 38.8 Å². The molecule has 4 aromatic rings. The number of pyridine rings is 1. The molecule has 4 rings (SSSR count). The third kappa shape index (κ3) is 2.97. The lowest BCUT2D eigenvalue weighted by molar-refractivity contribution is 0.0366. The standard InChI is InChI=1S/C21H22N4O3/c1-5-12-8-22-20-15(24-12)7-6-14-18(20)17-13(10-27-4)19(21(26)28-11(2)3)23-9-16(17)25-14/h6-9,11,25H,5,10H2,1-4H3. The van der Waals surface area contributed by atoms with Gasteiger partial charge in [-0.1, -0.05) is 6.92 Å². The number of carbonyl (C=O) groups is 1. The summed E-state index contributed by atoms with van der Waals surface area (Å²) < 4.78 is 10.8. The Kier molecular flexibility index (Phi) is 4.68. The van der Waals surface area contributed by atoms with E-state index in [9.17, 15) is 4.79 Å². The zero-order valence-corrected chi connectivity index (χ0v) is 16.4. The summed E-state index contributed by atoms with van der Waals surface area (Å²) in [5.74, 6) is -0.460. The maximum Gasteiger partial charge on any atom is 0.357 e. The largest absolute Gasteiger partial charge is 0.458 e. The summed E-state index contributed by atoms with van der Waals surface area (Å²) in [6.07, 6.45) is 4.04. The monoisotopic (exact) mass is 378 g/mol. The van der Waals surface area contributed by atoms with Gasteiger partial charge in [0.1, 0.15) is 0 Å². The first-order valence-corrected chi connectivity index (χ1v) is 9.31. The van der Waals surface area contributed by atoms with Crippen molar-refractivity contribution in [2.24, 2.45) is 0 Å². The van der Waals surface area contributed by atoms with Crippen molar-refractivity contribution in [1.82, 2.24) is 19.9 Å². The normalized spacial score (nSPS) is 11.8. The van der Waals surface area contributed by atoms with Crippen LogP contribution in [0.3, 0.4) is 0 Å². The van der Waals surface area contributed by atoms with E-state index in [2.05, 4.69) is 26.9 Å². The summed E-state index contributed by atoms with van der Waals surface area (Å²) in [7, 11) is 1.59. The Labute approximate surface area is 162 Å². The summed E-state index contributed by atoms with van der Waals surface area (Å²) in [6, 6.07) is 3.94. The number of aromatic amines is 1. The van der Waals surface area contributed by atoms with Crippen LogP contribution in [0, 0.1) is 0 Å². The van der Waals surface area contributed by atoms with E-state index in [0.717, 1.165) is 45.0 Å². The summed E-state index contributed by atoms with van der Waals surface area (Å²) in [6.45, 7) is 5.91. The molecule has 0 spiro atoms. The number of hydrogen-bond donors (Lipinski definition) is 1. The molecule has 0 aliphatic rings. The molecule has 0 bridgehead atoms. The number of hydrogen-bond acceptors (Lipinski definition) is 6. The predicted octanol–water partition coefficient (Wildman–Crippen LogP) is 3.93. The highest BCUT2D eigenvalue weighted by molar-refractivity contribution is 6.20. The lowest BCUT2D eigenvalue weighted by Crippen LogP contribution is -2.15. The van der Waals surface area contributed by atoms with Gasteiger partial charge in [0, 0.05) is 35.2 Å². The number of esters is 1. The highest BCUT2D eigenvalue weighted by Crippen LogP contribution is 2.34. The zero-order valence-electron chi connectivity index (χ0n) is 16.4. The molecule has 0 saturated carbocycles. The first-order valence-electron chi connectivity index (χ1n) is 9.31. The van der Waals surface area contributed by atoms with E-state index in [1.165, 1.54) is 0 Å². The third-order valence-corrected chi connectivity index (χ3v) is 4.65. The molecule has 0 unspecified atom stereocenters. The fourth-order valence-corrected chi connectivity index (χ4v) is 3.46. The summed E-state index contributed by atoms with van der Waals surface area (Å²) in [5, 5.41) is 1.78. The van der Waals surface area contributed by atoms with Crippen LogP contribution in [0.1, 0.15) is 42.5 Å². The van der Waals surface area contributed by atoms with Gasteiger partial charge >= 0.3 is 5.97 Å². The van der Waals surface area contributed by atoms with Gasteiger partial charge in [-0.05, 0) is 32.4 Å². The van der Waals surface area contributed by atoms with Crippen LogP contribution in [0.4, 0.5) is 0 Å². The maximum atomic E-state index is 12.6. The number of aromatic nitrogens is 4. The van der Waals surface area contributed by atoms with E-state index in [4.69, 9.17) is 9.47 Å². The van der Waals surface area contributed by atoms with Crippen molar-refractivity contribution in [3.8, 4) is 0 Å². The second kappa shape index (κ2) is 7.16. The Bertz CT molecular complexity index is 1200. The second-order valence-corrected chi connectivity index (χ2v) is 6.96. The molecule has 0 amide bonds. The van der Waals surface area contributed by atoms with Crippen LogP contribution in [-0.4, -0.2) is 39.1 Å². The molecule has 144 valence electrons. The van der Waals surface area contributed by atoms with E-state index < -0.39 is 5.97 Å². The minimum absolute atomic E-state index is 0.233. The fourth-order valence-electron chi connectivity index (χ4n) is 3.46. The van der Waals surface area contributed by atoms with Gasteiger partial charge in [-0.3, -0.25) is 4.98 Å². The summed E-state index contributed by atoms with van der Waals surface area (Å²) >= 11 is 0. The van der Waals surface area contributed by atoms with Gasteiger partial charge in [-0.2, -0.15) is 0 Å². The molecule has 0 aliphatic heterocycles. The van der Waals surface area contributed by atoms with E-state index in [1.54, 1.807) is 19.5 Å². The first-order chi connectivity index (χ1) is 13.5. The number of nitrogens with one attached hydrogen (secondary N) is 1. The molecule has 7 heteroatoms. The molecule has 1 N–H and O–H groups in total. The second-order valence-electron chi connectivity index (χ2n) is 6.96. The number of carbonyl (C=O) groups excluding carboxylic acids is 1. The van der Waals surface area contributed by atoms with Gasteiger partial charge in [-0.25, -0.2) is 14.8 Å². The highest BCUT2D eigenvalue weighted by Gasteiger charge is 2.22. The van der Waals surface area contributed by atoms with Gasteiger partial charge < -0.3 is 14.5 Å². The summed E-state index contributed by atoms with van der Waals surface area (Å²) in [5.41, 5.74) is 5.22. The minimum Gasteiger partial charge on any atom is -0.458 e. The fraction of sp³-hybridized carbons (Fsp3) is 0.333. The SMILES string of the molecule is CCc1cnc2c(ccc3[nH]c4cnc(C(=O)OC(C)C)c(COC)c4c32)n1. The Morgan fingerprint density at radius 3 is 2.68 bits per heavy atom. The first kappa shape index (κ1) is 18.3. The van der Waals surface area contributed by atoms with Gasteiger partial charge in [0.05, 0.1) is 41.2 Å². The minimum atomic E-state index is -0.460. The Morgan fingerprint density at radius 1 is 1.14 bits per heavy atom. The molecule has 28 heavy (non-hydrogen) atoms. The number of H-pyrrole nitrogens is 1. The van der Waals surface area contributed by atoms with E-state index in [-0.39, 0.29) is 18.4 Å². The molecule has 0 fully saturated rings. The average Bonchev–Trinajstić information content (AvgIpc) is 3.06. The van der Waals surface area contributed by atoms with Gasteiger partial charge in [0.2, 0.25) is 0 Å². The Morgan fingerprint density at radius 2 is 1.96 bits per heavy atom. The Balaban J connectivity index is 2.07. The molecular formula is C21H22N4O3. The van der Waals surface area contributed by atoms with Crippen molar-refractivity contribution < 1.29 is 14.3 Å². The van der Waals surface area contributed by atoms with Crippen LogP contribution in [-0.2, 0) is 22.5 Å². The number of methoxy groups -OCH3 is 1. The lowest BCUT2D eigenvalue weighted by atomic mass is 10.0. The third-order valence-electron chi connectivity index (χ3n) is 4.65. The number of benzene rings is 1. The highest BCUT2D eigenvalue weighted by atomic mass is 16.5. The lowest BCUT2D eigenvalue weighted by Gasteiger charge is -2.12. The van der Waals surface area contributed by atoms with Crippen molar-refractivity contribution in [3.05, 3.63) is 41.5 Å². The van der Waals surface area contributed by atoms with Gasteiger partial charge in [0.25, 0.3) is 0 Å². The molecule has 0 atom stereocenters. The number of fused-ring (bicyclic) bond motifs is 5. The number of aryl methyl sites for hydroxylation is 1. The van der Waals surface area contributed by atoms with Crippen molar-refractivity contribution in [1.29, 1.82) is 0 Å². The molecule has 1 aromatic carbocycles. The molecule has 0 aliphatic carbocycles. The zero-order chi connectivity index (χ0) is 19.8. The van der Waals surface area contributed by atoms with Crippen LogP contribution in [0.25, 0.3) is 32.8 Å². The quantitative estimate of drug-likeness (QED) is 0.529. The van der Waals surface area contributed by atoms with Crippen molar-refractivity contribution in [3.63, 3.8) is 0 Å². The molecule has 3 aromatic heterocycles. The van der Waals surface area contributed by atoms with Crippen LogP contribution >= 0.6 is 0 Å². The topological polar surface area (TPSA) is 90.0 Å². The number of ether oxygens (including phenoxy) is 2. The maximum absolute atomic E-state index is 12.6. The summed E-state index contributed by atoms with van der Waals surface area (Å²) in [4.78, 5) is 29.7. The average molecular weight is 378 g/mol. The van der Waals surface area contributed by atoms with Crippen LogP contribution < -0.4 is 0 Å². The van der Waals surface area contributed by atoms with E-state index in [0.29, 0.717) is 5.56 Å². The van der Waals surface area contributed by atoms with Gasteiger partial charge in [0.15, 0.2) is 5.69 Å². The smallest absolute Gasteiger partial charge is 0.357 e. The number of nitrogens with zero attached hydrogens (tertiary/aromatic N) is 3. The van der Waals surface area contributed by atoms with Crippen LogP contribution in [0.5, 0.6) is 0 Å². The van der Waals surface area contributed by atoms with Gasteiger partial charge in [-0.15, -0.1) is 0 Å². The van der Waals surface area contributed by atoms with Crippen LogP contribution in [0.2, 0.25) is 0 Å². The van der Waals surface area contributed by atoms with E-state index >= 15 is 0 Å². The molecular weight excluding hydrogens is 356 g/mol. The Hall–Kier alpha value is -3.06. The van der Waals surface area contributed by atoms with Crippen molar-refractivity contribution in [2.75, 3.05) is 7.11 Å². The molecule has 7 nitrogen and oxygen atoms in total.